The van der Waals surface area contributed by atoms with Crippen LogP contribution in [0.1, 0.15) is 40.6 Å². The van der Waals surface area contributed by atoms with Crippen LogP contribution in [0.3, 0.4) is 0 Å². The molecule has 1 amide bonds. The highest BCUT2D eigenvalue weighted by Gasteiger charge is 2.27. The predicted octanol–water partition coefficient (Wildman–Crippen LogP) is 2.20. The predicted molar refractivity (Wildman–Crippen MR) is 80.3 cm³/mol. The van der Waals surface area contributed by atoms with Crippen molar-refractivity contribution < 1.29 is 9.90 Å². The molecule has 1 aliphatic heterocycles. The van der Waals surface area contributed by atoms with Crippen molar-refractivity contribution in [1.29, 1.82) is 0 Å². The summed E-state index contributed by atoms with van der Waals surface area (Å²) in [6, 6.07) is 7.58. The van der Waals surface area contributed by atoms with Crippen molar-refractivity contribution in [2.45, 2.75) is 25.9 Å². The highest BCUT2D eigenvalue weighted by atomic mass is 16.3. The van der Waals surface area contributed by atoms with Crippen LogP contribution in [0.4, 0.5) is 5.69 Å². The SMILES string of the molecule is Cc1nn(C)cc1C(=O)N1CCCC(O)c2ccccc21. The Balaban J connectivity index is 2.04. The van der Waals surface area contributed by atoms with Crippen molar-refractivity contribution in [3.8, 4) is 0 Å². The molecular formula is C16H19N3O2. The average molecular weight is 285 g/mol. The van der Waals surface area contributed by atoms with Crippen LogP contribution in [0.25, 0.3) is 0 Å². The van der Waals surface area contributed by atoms with E-state index in [9.17, 15) is 9.90 Å². The van der Waals surface area contributed by atoms with E-state index < -0.39 is 6.10 Å². The van der Waals surface area contributed by atoms with Crippen LogP contribution in [-0.4, -0.2) is 27.3 Å². The number of aliphatic hydroxyl groups excluding tert-OH is 1. The maximum absolute atomic E-state index is 12.8. The molecule has 2 heterocycles. The molecule has 5 nitrogen and oxygen atoms in total. The van der Waals surface area contributed by atoms with Crippen molar-refractivity contribution in [3.63, 3.8) is 0 Å². The van der Waals surface area contributed by atoms with E-state index in [1.54, 1.807) is 15.8 Å². The van der Waals surface area contributed by atoms with E-state index in [2.05, 4.69) is 5.10 Å². The fraction of sp³-hybridized carbons (Fsp3) is 0.375. The number of hydrogen-bond acceptors (Lipinski definition) is 3. The van der Waals surface area contributed by atoms with E-state index in [0.29, 0.717) is 18.5 Å². The van der Waals surface area contributed by atoms with Gasteiger partial charge in [-0.1, -0.05) is 18.2 Å². The first-order chi connectivity index (χ1) is 10.1. The number of anilines is 1. The van der Waals surface area contributed by atoms with Crippen molar-refractivity contribution >= 4 is 11.6 Å². The van der Waals surface area contributed by atoms with Crippen LogP contribution >= 0.6 is 0 Å². The van der Waals surface area contributed by atoms with E-state index in [4.69, 9.17) is 0 Å². The summed E-state index contributed by atoms with van der Waals surface area (Å²) in [6.07, 6.45) is 2.70. The first kappa shape index (κ1) is 13.8. The molecule has 1 unspecified atom stereocenters. The van der Waals surface area contributed by atoms with Crippen molar-refractivity contribution in [1.82, 2.24) is 9.78 Å². The lowest BCUT2D eigenvalue weighted by molar-refractivity contribution is 0.0986. The van der Waals surface area contributed by atoms with Crippen molar-refractivity contribution in [2.75, 3.05) is 11.4 Å². The lowest BCUT2D eigenvalue weighted by Gasteiger charge is -2.23. The Bertz CT molecular complexity index is 678. The molecule has 0 aliphatic carbocycles. The van der Waals surface area contributed by atoms with Gasteiger partial charge < -0.3 is 10.0 Å². The van der Waals surface area contributed by atoms with Crippen LogP contribution < -0.4 is 4.90 Å². The van der Waals surface area contributed by atoms with Crippen LogP contribution in [0.15, 0.2) is 30.5 Å². The molecule has 2 aromatic rings. The van der Waals surface area contributed by atoms with E-state index in [1.165, 1.54) is 0 Å². The van der Waals surface area contributed by atoms with Gasteiger partial charge in [-0.3, -0.25) is 9.48 Å². The molecule has 1 aromatic heterocycles. The van der Waals surface area contributed by atoms with Gasteiger partial charge in [0.15, 0.2) is 0 Å². The highest BCUT2D eigenvalue weighted by molar-refractivity contribution is 6.07. The Kier molecular flexibility index (Phi) is 3.51. The number of amides is 1. The Morgan fingerprint density at radius 2 is 2.14 bits per heavy atom. The molecule has 0 bridgehead atoms. The molecule has 0 fully saturated rings. The summed E-state index contributed by atoms with van der Waals surface area (Å²) in [5.41, 5.74) is 2.97. The van der Waals surface area contributed by atoms with Gasteiger partial charge in [0.25, 0.3) is 5.91 Å². The monoisotopic (exact) mass is 285 g/mol. The topological polar surface area (TPSA) is 58.4 Å². The molecule has 1 aromatic carbocycles. The molecule has 5 heteroatoms. The Morgan fingerprint density at radius 3 is 2.86 bits per heavy atom. The summed E-state index contributed by atoms with van der Waals surface area (Å²) in [5, 5.41) is 14.5. The molecule has 0 saturated carbocycles. The van der Waals surface area contributed by atoms with Crippen molar-refractivity contribution in [3.05, 3.63) is 47.3 Å². The zero-order chi connectivity index (χ0) is 15.0. The van der Waals surface area contributed by atoms with Gasteiger partial charge in [-0.05, 0) is 25.8 Å². The number of fused-ring (bicyclic) bond motifs is 1. The second kappa shape index (κ2) is 5.33. The average Bonchev–Trinajstić information content (AvgIpc) is 2.71. The number of aryl methyl sites for hydroxylation is 2. The molecule has 21 heavy (non-hydrogen) atoms. The number of nitrogens with zero attached hydrogens (tertiary/aromatic N) is 3. The third-order valence-electron chi connectivity index (χ3n) is 3.93. The van der Waals surface area contributed by atoms with Gasteiger partial charge >= 0.3 is 0 Å². The number of hydrogen-bond donors (Lipinski definition) is 1. The number of para-hydroxylation sites is 1. The summed E-state index contributed by atoms with van der Waals surface area (Å²) >= 11 is 0. The van der Waals surface area contributed by atoms with Crippen LogP contribution in [0, 0.1) is 6.92 Å². The van der Waals surface area contributed by atoms with Gasteiger partial charge in [0.1, 0.15) is 0 Å². The van der Waals surface area contributed by atoms with Gasteiger partial charge in [-0.15, -0.1) is 0 Å². The molecular weight excluding hydrogens is 266 g/mol. The van der Waals surface area contributed by atoms with E-state index in [1.807, 2.05) is 38.2 Å². The smallest absolute Gasteiger partial charge is 0.261 e. The largest absolute Gasteiger partial charge is 0.388 e. The fourth-order valence-electron chi connectivity index (χ4n) is 2.90. The molecule has 110 valence electrons. The second-order valence-corrected chi connectivity index (χ2v) is 5.48. The van der Waals surface area contributed by atoms with Gasteiger partial charge in [0.05, 0.1) is 17.4 Å². The van der Waals surface area contributed by atoms with Crippen LogP contribution in [-0.2, 0) is 7.05 Å². The number of carbonyl (C=O) groups excluding carboxylic acids is 1. The maximum atomic E-state index is 12.8. The Morgan fingerprint density at radius 1 is 1.38 bits per heavy atom. The van der Waals surface area contributed by atoms with E-state index in [0.717, 1.165) is 23.4 Å². The van der Waals surface area contributed by atoms with Crippen LogP contribution in [0.5, 0.6) is 0 Å². The summed E-state index contributed by atoms with van der Waals surface area (Å²) in [6.45, 7) is 2.45. The lowest BCUT2D eigenvalue weighted by Crippen LogP contribution is -2.32. The second-order valence-electron chi connectivity index (χ2n) is 5.48. The summed E-state index contributed by atoms with van der Waals surface area (Å²) in [7, 11) is 1.81. The van der Waals surface area contributed by atoms with E-state index >= 15 is 0 Å². The standard InChI is InChI=1S/C16H19N3O2/c1-11-13(10-18(2)17-11)16(21)19-9-5-8-15(20)12-6-3-4-7-14(12)19/h3-4,6-7,10,15,20H,5,8-9H2,1-2H3. The van der Waals surface area contributed by atoms with Crippen LogP contribution in [0.2, 0.25) is 0 Å². The van der Waals surface area contributed by atoms with E-state index in [-0.39, 0.29) is 5.91 Å². The number of carbonyl (C=O) groups is 1. The normalized spacial score (nSPS) is 18.2. The first-order valence-corrected chi connectivity index (χ1v) is 7.17. The molecule has 0 saturated heterocycles. The zero-order valence-corrected chi connectivity index (χ0v) is 12.3. The molecule has 1 N–H and O–H groups in total. The number of aliphatic hydroxyl groups is 1. The molecule has 3 rings (SSSR count). The number of aromatic nitrogens is 2. The molecule has 0 spiro atoms. The first-order valence-electron chi connectivity index (χ1n) is 7.17. The third kappa shape index (κ3) is 2.45. The minimum atomic E-state index is -0.506. The zero-order valence-electron chi connectivity index (χ0n) is 12.3. The molecule has 0 radical (unpaired) electrons. The molecule has 1 atom stereocenters. The minimum absolute atomic E-state index is 0.0536. The van der Waals surface area contributed by atoms with Gasteiger partial charge in [0, 0.05) is 31.0 Å². The Hall–Kier alpha value is -2.14. The highest BCUT2D eigenvalue weighted by Crippen LogP contribution is 2.33. The molecule has 1 aliphatic rings. The van der Waals surface area contributed by atoms with Gasteiger partial charge in [-0.25, -0.2) is 0 Å². The van der Waals surface area contributed by atoms with Gasteiger partial charge in [0.2, 0.25) is 0 Å². The summed E-state index contributed by atoms with van der Waals surface area (Å²) in [4.78, 5) is 14.6. The summed E-state index contributed by atoms with van der Waals surface area (Å²) < 4.78 is 1.65. The van der Waals surface area contributed by atoms with Gasteiger partial charge in [-0.2, -0.15) is 5.10 Å². The minimum Gasteiger partial charge on any atom is -0.388 e. The Labute approximate surface area is 123 Å². The fourth-order valence-corrected chi connectivity index (χ4v) is 2.90. The summed E-state index contributed by atoms with van der Waals surface area (Å²) in [5.74, 6) is -0.0536. The third-order valence-corrected chi connectivity index (χ3v) is 3.93. The maximum Gasteiger partial charge on any atom is 0.261 e. The number of benzene rings is 1. The number of rotatable bonds is 1. The quantitative estimate of drug-likeness (QED) is 0.874. The lowest BCUT2D eigenvalue weighted by atomic mass is 10.0. The van der Waals surface area contributed by atoms with Crippen molar-refractivity contribution in [2.24, 2.45) is 7.05 Å².